The molecule has 2 aromatic carbocycles. The monoisotopic (exact) mass is 502 g/mol. The number of aromatic nitrogens is 2. The summed E-state index contributed by atoms with van der Waals surface area (Å²) >= 11 is 1.12. The number of pyridine rings is 1. The zero-order valence-corrected chi connectivity index (χ0v) is 18.2. The summed E-state index contributed by atoms with van der Waals surface area (Å²) in [6, 6.07) is 17.9. The molecule has 1 N–H and O–H groups in total. The van der Waals surface area contributed by atoms with Gasteiger partial charge in [-0.3, -0.25) is 10.1 Å². The molecule has 0 bridgehead atoms. The van der Waals surface area contributed by atoms with Crippen LogP contribution >= 0.6 is 11.3 Å². The molecule has 140 valence electrons. The first kappa shape index (κ1) is 18.8. The smallest absolute Gasteiger partial charge is 0.359 e. The van der Waals surface area contributed by atoms with Gasteiger partial charge in [0.2, 0.25) is 3.57 Å². The van der Waals surface area contributed by atoms with Crippen LogP contribution in [-0.4, -0.2) is 23.0 Å². The number of benzene rings is 2. The first-order chi connectivity index (χ1) is 13.6. The molecule has 0 aliphatic rings. The average molecular weight is 502 g/mol. The van der Waals surface area contributed by atoms with Gasteiger partial charge in [0.05, 0.1) is 23.5 Å². The molecule has 0 aliphatic heterocycles. The van der Waals surface area contributed by atoms with Crippen molar-refractivity contribution in [3.63, 3.8) is 0 Å². The number of nitrogens with one attached hydrogen (secondary N) is 1. The van der Waals surface area contributed by atoms with Gasteiger partial charge in [0, 0.05) is 0 Å². The number of amides is 1. The van der Waals surface area contributed by atoms with Gasteiger partial charge in [-0.1, -0.05) is 17.4 Å². The second-order valence-corrected chi connectivity index (χ2v) is 10.1. The fourth-order valence-electron chi connectivity index (χ4n) is 2.57. The Morgan fingerprint density at radius 2 is 1.86 bits per heavy atom. The van der Waals surface area contributed by atoms with Crippen molar-refractivity contribution in [2.75, 3.05) is 12.4 Å². The lowest BCUT2D eigenvalue weighted by molar-refractivity contribution is -0.597. The van der Waals surface area contributed by atoms with E-state index in [1.165, 1.54) is 20.5 Å². The quantitative estimate of drug-likeness (QED) is 0.419. The molecule has 5 nitrogen and oxygen atoms in total. The van der Waals surface area contributed by atoms with Crippen molar-refractivity contribution in [1.29, 1.82) is 0 Å². The number of carbonyl (C=O) groups excluding carboxylic acids is 1. The molecule has 0 radical (unpaired) electrons. The van der Waals surface area contributed by atoms with Crippen LogP contribution in [0.1, 0.15) is 16.1 Å². The van der Waals surface area contributed by atoms with Crippen LogP contribution in [0.15, 0.2) is 60.8 Å². The van der Waals surface area contributed by atoms with E-state index in [-0.39, 0.29) is 27.1 Å². The second-order valence-electron chi connectivity index (χ2n) is 6.06. The van der Waals surface area contributed by atoms with E-state index < -0.39 is 0 Å². The van der Waals surface area contributed by atoms with E-state index in [2.05, 4.69) is 33.5 Å². The third-order valence-electron chi connectivity index (χ3n) is 3.99. The molecular weight excluding hydrogens is 485 g/mol. The third-order valence-corrected chi connectivity index (χ3v) is 7.53. The maximum atomic E-state index is 12.5. The molecule has 4 aromatic rings. The molecule has 1 amide bonds. The summed E-state index contributed by atoms with van der Waals surface area (Å²) in [5.41, 5.74) is 2.45. The first-order valence-corrected chi connectivity index (χ1v) is 11.5. The lowest BCUT2D eigenvalue weighted by Crippen LogP contribution is -3.61. The van der Waals surface area contributed by atoms with Crippen molar-refractivity contribution >= 4 is 32.6 Å². The van der Waals surface area contributed by atoms with Crippen LogP contribution in [0.4, 0.5) is 5.13 Å². The Labute approximate surface area is 177 Å². The number of carbonyl (C=O) groups is 1. The highest BCUT2D eigenvalue weighted by atomic mass is 127. The number of nitrogens with zero attached hydrogens (tertiary/aromatic N) is 2. The van der Waals surface area contributed by atoms with E-state index >= 15 is 0 Å². The number of methoxy groups -OCH3 is 1. The second kappa shape index (κ2) is 8.24. The number of halogens is 1. The lowest BCUT2D eigenvalue weighted by atomic mass is 10.2. The Bertz CT molecular complexity index is 1120. The molecule has 0 saturated carbocycles. The minimum atomic E-state index is -0.349. The predicted octanol–water partition coefficient (Wildman–Crippen LogP) is 1.39. The van der Waals surface area contributed by atoms with E-state index in [9.17, 15) is 4.79 Å². The van der Waals surface area contributed by atoms with Crippen LogP contribution in [0, 0.1) is 14.1 Å². The van der Waals surface area contributed by atoms with Gasteiger partial charge in [-0.05, 0) is 61.0 Å². The maximum absolute atomic E-state index is 12.5. The number of hydrogen-bond donors (Lipinski definition) is 1. The normalized spacial score (nSPS) is 10.8. The molecule has 0 aliphatic carbocycles. The molecule has 0 saturated heterocycles. The number of aryl methyl sites for hydroxylation is 1. The van der Waals surface area contributed by atoms with E-state index in [0.29, 0.717) is 10.8 Å². The molecule has 7 heteroatoms. The van der Waals surface area contributed by atoms with E-state index in [1.54, 1.807) is 19.4 Å². The Morgan fingerprint density at radius 1 is 1.07 bits per heavy atom. The zero-order chi connectivity index (χ0) is 19.5. The van der Waals surface area contributed by atoms with Gasteiger partial charge in [-0.25, -0.2) is 9.97 Å². The molecule has 2 aromatic heterocycles. The fraction of sp³-hybridized carbons (Fsp3) is 0.0952. The maximum Gasteiger partial charge on any atom is 0.359 e. The van der Waals surface area contributed by atoms with Gasteiger partial charge >= 0.3 is 21.2 Å². The highest BCUT2D eigenvalue weighted by molar-refractivity contribution is 7.22. The topological polar surface area (TPSA) is 64.1 Å². The van der Waals surface area contributed by atoms with E-state index in [1.807, 2.05) is 37.3 Å². The minimum absolute atomic E-state index is 0.245. The van der Waals surface area contributed by atoms with Crippen LogP contribution in [0.2, 0.25) is 0 Å². The standard InChI is InChI=1S/C21H16IN3O2S/c1-13-3-9-17-19(11-13)28-21(24-17)25-20(26)18-10-6-15(12-23-18)22-14-4-7-16(27-2)8-5-14/h3-12H,1-2H3/p+1. The summed E-state index contributed by atoms with van der Waals surface area (Å²) in [5, 5.41) is 3.44. The number of fused-ring (bicyclic) bond motifs is 1. The van der Waals surface area contributed by atoms with Crippen molar-refractivity contribution in [3.8, 4) is 5.75 Å². The molecule has 28 heavy (non-hydrogen) atoms. The molecule has 2 heterocycles. The van der Waals surface area contributed by atoms with Crippen molar-refractivity contribution in [3.05, 3.63) is 79.2 Å². The van der Waals surface area contributed by atoms with Crippen LogP contribution in [0.3, 0.4) is 0 Å². The zero-order valence-electron chi connectivity index (χ0n) is 15.3. The predicted molar refractivity (Wildman–Crippen MR) is 107 cm³/mol. The van der Waals surface area contributed by atoms with Crippen molar-refractivity contribution < 1.29 is 30.7 Å². The summed E-state index contributed by atoms with van der Waals surface area (Å²) in [7, 11) is 1.66. The Hall–Kier alpha value is -2.52. The Balaban J connectivity index is 1.44. The molecular formula is C21H17IN3O2S+. The molecule has 0 atom stereocenters. The number of rotatable bonds is 5. The van der Waals surface area contributed by atoms with Crippen LogP contribution < -0.4 is 31.3 Å². The van der Waals surface area contributed by atoms with Gasteiger partial charge in [-0.15, -0.1) is 0 Å². The van der Waals surface area contributed by atoms with E-state index in [4.69, 9.17) is 4.74 Å². The number of thiazole rings is 1. The SMILES string of the molecule is COc1ccc([I+]c2ccc(C(=O)Nc3nc4ccc(C)cc4s3)nc2)cc1. The van der Waals surface area contributed by atoms with Gasteiger partial charge < -0.3 is 4.74 Å². The number of ether oxygens (including phenoxy) is 1. The summed E-state index contributed by atoms with van der Waals surface area (Å²) in [6.07, 6.45) is 1.79. The molecule has 0 fully saturated rings. The van der Waals surface area contributed by atoms with Gasteiger partial charge in [-0.2, -0.15) is 0 Å². The van der Waals surface area contributed by atoms with Crippen LogP contribution in [0.5, 0.6) is 5.75 Å². The highest BCUT2D eigenvalue weighted by Gasteiger charge is 2.18. The number of anilines is 1. The lowest BCUT2D eigenvalue weighted by Gasteiger charge is -1.99. The Morgan fingerprint density at radius 3 is 2.57 bits per heavy atom. The van der Waals surface area contributed by atoms with Crippen LogP contribution in [0.25, 0.3) is 10.2 Å². The summed E-state index contributed by atoms with van der Waals surface area (Å²) in [6.45, 7) is 2.04. The van der Waals surface area contributed by atoms with Crippen molar-refractivity contribution in [1.82, 2.24) is 9.97 Å². The van der Waals surface area contributed by atoms with Gasteiger partial charge in [0.25, 0.3) is 5.91 Å². The van der Waals surface area contributed by atoms with Crippen molar-refractivity contribution in [2.45, 2.75) is 6.92 Å². The highest BCUT2D eigenvalue weighted by Crippen LogP contribution is 2.26. The average Bonchev–Trinajstić information content (AvgIpc) is 3.10. The molecule has 0 unspecified atom stereocenters. The van der Waals surface area contributed by atoms with Crippen LogP contribution in [-0.2, 0) is 0 Å². The largest absolute Gasteiger partial charge is 0.497 e. The summed E-state index contributed by atoms with van der Waals surface area (Å²) in [5.74, 6) is 0.605. The minimum Gasteiger partial charge on any atom is -0.497 e. The fourth-order valence-corrected chi connectivity index (χ4v) is 5.61. The first-order valence-electron chi connectivity index (χ1n) is 8.54. The van der Waals surface area contributed by atoms with E-state index in [0.717, 1.165) is 19.5 Å². The molecule has 4 rings (SSSR count). The summed E-state index contributed by atoms with van der Waals surface area (Å²) in [4.78, 5) is 21.3. The number of hydrogen-bond acceptors (Lipinski definition) is 5. The Kier molecular flexibility index (Phi) is 5.54. The van der Waals surface area contributed by atoms with Gasteiger partial charge in [0.1, 0.15) is 11.4 Å². The van der Waals surface area contributed by atoms with Gasteiger partial charge in [0.15, 0.2) is 8.70 Å². The van der Waals surface area contributed by atoms with Crippen molar-refractivity contribution in [2.24, 2.45) is 0 Å². The third kappa shape index (κ3) is 4.31. The molecule has 0 spiro atoms. The summed E-state index contributed by atoms with van der Waals surface area (Å²) < 4.78 is 8.66.